The molecule has 0 atom stereocenters. The van der Waals surface area contributed by atoms with Crippen LogP contribution in [0.15, 0.2) is 18.2 Å². The highest BCUT2D eigenvalue weighted by atomic mass is 19.1. The first kappa shape index (κ1) is 13.8. The molecule has 0 heterocycles. The van der Waals surface area contributed by atoms with Crippen LogP contribution in [0.4, 0.5) is 10.1 Å². The van der Waals surface area contributed by atoms with Crippen LogP contribution in [0.3, 0.4) is 0 Å². The van der Waals surface area contributed by atoms with Gasteiger partial charge in [0.05, 0.1) is 5.69 Å². The first-order valence-electron chi connectivity index (χ1n) is 6.83. The van der Waals surface area contributed by atoms with Crippen LogP contribution in [0.5, 0.6) is 0 Å². The molecule has 19 heavy (non-hydrogen) atoms. The summed E-state index contributed by atoms with van der Waals surface area (Å²) in [5, 5.41) is 8.68. The van der Waals surface area contributed by atoms with Gasteiger partial charge in [0, 0.05) is 6.42 Å². The van der Waals surface area contributed by atoms with Gasteiger partial charge >= 0.3 is 5.97 Å². The number of halogens is 1. The Kier molecular flexibility index (Phi) is 4.40. The van der Waals surface area contributed by atoms with Gasteiger partial charge < -0.3 is 10.8 Å². The molecule has 0 saturated heterocycles. The van der Waals surface area contributed by atoms with E-state index in [1.165, 1.54) is 6.07 Å². The van der Waals surface area contributed by atoms with Gasteiger partial charge in [0.1, 0.15) is 5.82 Å². The third-order valence-corrected chi connectivity index (χ3v) is 4.11. The number of carboxylic acid groups (broad SMARTS) is 1. The summed E-state index contributed by atoms with van der Waals surface area (Å²) in [6.45, 7) is 0. The zero-order valence-corrected chi connectivity index (χ0v) is 10.9. The topological polar surface area (TPSA) is 63.3 Å². The molecule has 1 fully saturated rings. The summed E-state index contributed by atoms with van der Waals surface area (Å²) in [5.74, 6) is -0.171. The Balaban J connectivity index is 1.88. The fraction of sp³-hybridized carbons (Fsp3) is 0.533. The monoisotopic (exact) mass is 265 g/mol. The molecule has 1 aromatic rings. The predicted molar refractivity (Wildman–Crippen MR) is 72.4 cm³/mol. The molecular formula is C15H20FNO2. The number of anilines is 1. The molecule has 3 N–H and O–H groups in total. The van der Waals surface area contributed by atoms with Gasteiger partial charge in [-0.25, -0.2) is 4.39 Å². The van der Waals surface area contributed by atoms with Crippen LogP contribution in [0.1, 0.15) is 50.0 Å². The zero-order chi connectivity index (χ0) is 13.8. The maximum Gasteiger partial charge on any atom is 0.303 e. The van der Waals surface area contributed by atoms with Crippen LogP contribution >= 0.6 is 0 Å². The lowest BCUT2D eigenvalue weighted by Crippen LogP contribution is -2.14. The van der Waals surface area contributed by atoms with E-state index in [-0.39, 0.29) is 17.9 Å². The second kappa shape index (κ2) is 6.04. The maximum atomic E-state index is 13.4. The molecule has 2 rings (SSSR count). The van der Waals surface area contributed by atoms with Gasteiger partial charge in [-0.1, -0.05) is 6.07 Å². The Morgan fingerprint density at radius 3 is 2.58 bits per heavy atom. The number of hydrogen-bond acceptors (Lipinski definition) is 2. The number of carbonyl (C=O) groups is 1. The second-order valence-corrected chi connectivity index (χ2v) is 5.43. The molecule has 0 aliphatic heterocycles. The van der Waals surface area contributed by atoms with Crippen molar-refractivity contribution in [3.05, 3.63) is 29.6 Å². The van der Waals surface area contributed by atoms with Gasteiger partial charge in [-0.15, -0.1) is 0 Å². The molecule has 3 nitrogen and oxygen atoms in total. The summed E-state index contributed by atoms with van der Waals surface area (Å²) in [6, 6.07) is 5.07. The summed E-state index contributed by atoms with van der Waals surface area (Å²) >= 11 is 0. The fourth-order valence-electron chi connectivity index (χ4n) is 2.91. The summed E-state index contributed by atoms with van der Waals surface area (Å²) in [5.41, 5.74) is 6.69. The number of rotatable bonds is 4. The Morgan fingerprint density at radius 1 is 1.32 bits per heavy atom. The third-order valence-electron chi connectivity index (χ3n) is 4.11. The normalized spacial score (nSPS) is 23.2. The second-order valence-electron chi connectivity index (χ2n) is 5.43. The summed E-state index contributed by atoms with van der Waals surface area (Å²) in [6.07, 6.45) is 5.10. The van der Waals surface area contributed by atoms with Gasteiger partial charge in [0.15, 0.2) is 0 Å². The Hall–Kier alpha value is -1.58. The van der Waals surface area contributed by atoms with Crippen molar-refractivity contribution in [1.29, 1.82) is 0 Å². The Labute approximate surface area is 112 Å². The fourth-order valence-corrected chi connectivity index (χ4v) is 2.91. The van der Waals surface area contributed by atoms with Crippen molar-refractivity contribution in [3.8, 4) is 0 Å². The minimum Gasteiger partial charge on any atom is -0.481 e. The van der Waals surface area contributed by atoms with Crippen molar-refractivity contribution in [2.45, 2.75) is 44.4 Å². The SMILES string of the molecule is Nc1ccc(C2CCC(CCC(=O)O)CC2)cc1F. The first-order valence-corrected chi connectivity index (χ1v) is 6.83. The van der Waals surface area contributed by atoms with E-state index in [4.69, 9.17) is 10.8 Å². The average Bonchev–Trinajstić information content (AvgIpc) is 2.40. The molecule has 1 aliphatic rings. The largest absolute Gasteiger partial charge is 0.481 e. The predicted octanol–water partition coefficient (Wildman–Crippen LogP) is 3.55. The van der Waals surface area contributed by atoms with Crippen LogP contribution in [0.2, 0.25) is 0 Å². The molecule has 0 aromatic heterocycles. The van der Waals surface area contributed by atoms with Gasteiger partial charge in [0.2, 0.25) is 0 Å². The first-order chi connectivity index (χ1) is 9.06. The molecule has 4 heteroatoms. The van der Waals surface area contributed by atoms with Gasteiger partial charge in [0.25, 0.3) is 0 Å². The lowest BCUT2D eigenvalue weighted by atomic mass is 9.77. The van der Waals surface area contributed by atoms with E-state index in [0.717, 1.165) is 37.7 Å². The van der Waals surface area contributed by atoms with Crippen LogP contribution < -0.4 is 5.73 Å². The lowest BCUT2D eigenvalue weighted by Gasteiger charge is -2.28. The molecule has 1 aromatic carbocycles. The van der Waals surface area contributed by atoms with E-state index < -0.39 is 5.97 Å². The minimum absolute atomic E-state index is 0.193. The third kappa shape index (κ3) is 3.69. The molecule has 0 radical (unpaired) electrons. The van der Waals surface area contributed by atoms with Crippen LogP contribution in [0, 0.1) is 11.7 Å². The zero-order valence-electron chi connectivity index (χ0n) is 10.9. The van der Waals surface area contributed by atoms with Crippen LogP contribution in [-0.4, -0.2) is 11.1 Å². The minimum atomic E-state index is -0.720. The Morgan fingerprint density at radius 2 is 2.00 bits per heavy atom. The molecule has 104 valence electrons. The van der Waals surface area contributed by atoms with Gasteiger partial charge in [-0.3, -0.25) is 4.79 Å². The van der Waals surface area contributed by atoms with Crippen LogP contribution in [-0.2, 0) is 4.79 Å². The number of hydrogen-bond donors (Lipinski definition) is 2. The van der Waals surface area contributed by atoms with Crippen molar-refractivity contribution in [2.24, 2.45) is 5.92 Å². The molecule has 0 bridgehead atoms. The van der Waals surface area contributed by atoms with Crippen molar-refractivity contribution < 1.29 is 14.3 Å². The molecular weight excluding hydrogens is 245 g/mol. The molecule has 1 saturated carbocycles. The Bertz CT molecular complexity index is 453. The van der Waals surface area contributed by atoms with Crippen molar-refractivity contribution >= 4 is 11.7 Å². The smallest absolute Gasteiger partial charge is 0.303 e. The summed E-state index contributed by atoms with van der Waals surface area (Å²) in [7, 11) is 0. The highest BCUT2D eigenvalue weighted by molar-refractivity contribution is 5.66. The summed E-state index contributed by atoms with van der Waals surface area (Å²) < 4.78 is 13.4. The molecule has 0 amide bonds. The van der Waals surface area contributed by atoms with E-state index in [2.05, 4.69) is 0 Å². The molecule has 0 spiro atoms. The van der Waals surface area contributed by atoms with E-state index >= 15 is 0 Å². The number of nitrogen functional groups attached to an aromatic ring is 1. The number of aliphatic carboxylic acids is 1. The highest BCUT2D eigenvalue weighted by Gasteiger charge is 2.23. The van der Waals surface area contributed by atoms with Crippen molar-refractivity contribution in [2.75, 3.05) is 5.73 Å². The van der Waals surface area contributed by atoms with E-state index in [9.17, 15) is 9.18 Å². The highest BCUT2D eigenvalue weighted by Crippen LogP contribution is 2.37. The lowest BCUT2D eigenvalue weighted by molar-refractivity contribution is -0.137. The number of benzene rings is 1. The van der Waals surface area contributed by atoms with E-state index in [0.29, 0.717) is 11.8 Å². The van der Waals surface area contributed by atoms with Gasteiger partial charge in [-0.05, 0) is 61.6 Å². The van der Waals surface area contributed by atoms with Gasteiger partial charge in [-0.2, -0.15) is 0 Å². The maximum absolute atomic E-state index is 13.4. The van der Waals surface area contributed by atoms with Crippen molar-refractivity contribution in [1.82, 2.24) is 0 Å². The van der Waals surface area contributed by atoms with E-state index in [1.54, 1.807) is 6.07 Å². The van der Waals surface area contributed by atoms with E-state index in [1.807, 2.05) is 6.07 Å². The molecule has 1 aliphatic carbocycles. The number of carboxylic acids is 1. The average molecular weight is 265 g/mol. The molecule has 0 unspecified atom stereocenters. The summed E-state index contributed by atoms with van der Waals surface area (Å²) in [4.78, 5) is 10.5. The quantitative estimate of drug-likeness (QED) is 0.818. The standard InChI is InChI=1S/C15H20FNO2/c16-13-9-12(6-7-14(13)17)11-4-1-10(2-5-11)3-8-15(18)19/h6-7,9-11H,1-5,8,17H2,(H,18,19). The van der Waals surface area contributed by atoms with Crippen LogP contribution in [0.25, 0.3) is 0 Å². The number of nitrogens with two attached hydrogens (primary N) is 1. The van der Waals surface area contributed by atoms with Crippen molar-refractivity contribution in [3.63, 3.8) is 0 Å².